The van der Waals surface area contributed by atoms with E-state index in [-0.39, 0.29) is 5.91 Å². The number of para-hydroxylation sites is 1. The SMILES string of the molecule is Cc1ccc(N=C2S/C(=C\c3ccc(Sc4nc5ccccc5s4)o3)C(=O)N2c2ccc(C)cc2)cc1. The second-order valence-corrected chi connectivity index (χ2v) is 11.8. The average Bonchev–Trinajstić information content (AvgIpc) is 3.59. The molecule has 5 aromatic rings. The van der Waals surface area contributed by atoms with Crippen molar-refractivity contribution in [2.24, 2.45) is 4.99 Å². The highest BCUT2D eigenvalue weighted by molar-refractivity contribution is 8.19. The molecule has 1 aliphatic rings. The molecule has 1 fully saturated rings. The number of benzene rings is 3. The number of furan rings is 1. The maximum atomic E-state index is 13.5. The number of aliphatic imine (C=N–C) groups is 1. The molecule has 5 nitrogen and oxygen atoms in total. The van der Waals surface area contributed by atoms with Gasteiger partial charge in [-0.05, 0) is 85.9 Å². The van der Waals surface area contributed by atoms with E-state index in [1.165, 1.54) is 23.5 Å². The van der Waals surface area contributed by atoms with Gasteiger partial charge in [0.05, 0.1) is 26.5 Å². The molecule has 1 amide bonds. The molecule has 3 aromatic carbocycles. The van der Waals surface area contributed by atoms with Crippen molar-refractivity contribution >= 4 is 73.6 Å². The Morgan fingerprint density at radius 3 is 2.41 bits per heavy atom. The van der Waals surface area contributed by atoms with Gasteiger partial charge in [-0.15, -0.1) is 11.3 Å². The Labute approximate surface area is 226 Å². The zero-order chi connectivity index (χ0) is 25.4. The van der Waals surface area contributed by atoms with E-state index in [0.29, 0.717) is 15.8 Å². The largest absolute Gasteiger partial charge is 0.450 e. The van der Waals surface area contributed by atoms with Crippen LogP contribution < -0.4 is 4.90 Å². The van der Waals surface area contributed by atoms with Crippen LogP contribution in [0.2, 0.25) is 0 Å². The minimum atomic E-state index is -0.128. The molecule has 0 atom stereocenters. The summed E-state index contributed by atoms with van der Waals surface area (Å²) in [7, 11) is 0. The van der Waals surface area contributed by atoms with Crippen LogP contribution in [-0.2, 0) is 4.79 Å². The smallest absolute Gasteiger partial charge is 0.271 e. The summed E-state index contributed by atoms with van der Waals surface area (Å²) in [4.78, 5) is 25.2. The number of amidine groups is 1. The fraction of sp³-hybridized carbons (Fsp3) is 0.0690. The standard InChI is InChI=1S/C29H21N3O2S3/c1-18-7-11-20(12-8-18)30-28-32(21-13-9-19(2)10-14-21)27(33)25(35-28)17-22-15-16-26(34-22)37-29-31-23-5-3-4-6-24(23)36-29/h3-17H,1-2H3/b25-17-,30-28?. The van der Waals surface area contributed by atoms with Gasteiger partial charge in [0, 0.05) is 6.08 Å². The molecule has 1 saturated heterocycles. The van der Waals surface area contributed by atoms with Crippen LogP contribution in [-0.4, -0.2) is 16.1 Å². The Morgan fingerprint density at radius 2 is 1.65 bits per heavy atom. The predicted molar refractivity (Wildman–Crippen MR) is 155 cm³/mol. The Kier molecular flexibility index (Phi) is 6.46. The number of hydrogen-bond donors (Lipinski definition) is 0. The molecule has 37 heavy (non-hydrogen) atoms. The number of hydrogen-bond acceptors (Lipinski definition) is 7. The molecule has 2 aromatic heterocycles. The van der Waals surface area contributed by atoms with E-state index in [1.54, 1.807) is 22.3 Å². The van der Waals surface area contributed by atoms with Gasteiger partial charge < -0.3 is 4.42 Å². The Hall–Kier alpha value is -3.59. The van der Waals surface area contributed by atoms with Gasteiger partial charge in [-0.3, -0.25) is 9.69 Å². The van der Waals surface area contributed by atoms with Crippen molar-refractivity contribution in [1.29, 1.82) is 0 Å². The fourth-order valence-electron chi connectivity index (χ4n) is 3.78. The van der Waals surface area contributed by atoms with Crippen LogP contribution >= 0.6 is 34.9 Å². The lowest BCUT2D eigenvalue weighted by Crippen LogP contribution is -2.28. The van der Waals surface area contributed by atoms with E-state index in [1.807, 2.05) is 92.7 Å². The lowest BCUT2D eigenvalue weighted by atomic mass is 10.2. The number of carbonyl (C=O) groups is 1. The zero-order valence-corrected chi connectivity index (χ0v) is 22.5. The Bertz CT molecular complexity index is 1630. The first kappa shape index (κ1) is 23.8. The quantitative estimate of drug-likeness (QED) is 0.210. The lowest BCUT2D eigenvalue weighted by Gasteiger charge is -2.16. The van der Waals surface area contributed by atoms with Gasteiger partial charge in [-0.1, -0.05) is 47.5 Å². The van der Waals surface area contributed by atoms with Crippen LogP contribution in [0.4, 0.5) is 11.4 Å². The topological polar surface area (TPSA) is 58.7 Å². The second-order valence-electron chi connectivity index (χ2n) is 8.52. The summed E-state index contributed by atoms with van der Waals surface area (Å²) in [6.07, 6.45) is 1.79. The molecule has 6 rings (SSSR count). The maximum Gasteiger partial charge on any atom is 0.271 e. The summed E-state index contributed by atoms with van der Waals surface area (Å²) in [6, 6.07) is 27.7. The number of nitrogens with zero attached hydrogens (tertiary/aromatic N) is 3. The molecule has 0 radical (unpaired) electrons. The molecule has 3 heterocycles. The number of rotatable bonds is 5. The summed E-state index contributed by atoms with van der Waals surface area (Å²) in [5, 5.41) is 1.34. The van der Waals surface area contributed by atoms with Crippen LogP contribution in [0.5, 0.6) is 0 Å². The van der Waals surface area contributed by atoms with Crippen molar-refractivity contribution in [2.75, 3.05) is 4.90 Å². The minimum Gasteiger partial charge on any atom is -0.450 e. The number of aryl methyl sites for hydroxylation is 2. The van der Waals surface area contributed by atoms with Crippen molar-refractivity contribution in [3.05, 3.63) is 107 Å². The zero-order valence-electron chi connectivity index (χ0n) is 20.0. The highest BCUT2D eigenvalue weighted by Crippen LogP contribution is 2.39. The first-order valence-corrected chi connectivity index (χ1v) is 14.1. The molecular weight excluding hydrogens is 519 g/mol. The molecule has 8 heteroatoms. The summed E-state index contributed by atoms with van der Waals surface area (Å²) in [5.74, 6) is 0.483. The van der Waals surface area contributed by atoms with Crippen molar-refractivity contribution in [3.8, 4) is 0 Å². The third-order valence-corrected chi connectivity index (χ3v) is 8.68. The van der Waals surface area contributed by atoms with E-state index >= 15 is 0 Å². The number of thioether (sulfide) groups is 1. The van der Waals surface area contributed by atoms with Crippen LogP contribution in [0, 0.1) is 13.8 Å². The van der Waals surface area contributed by atoms with Crippen molar-refractivity contribution in [2.45, 2.75) is 23.3 Å². The number of aromatic nitrogens is 1. The fourth-order valence-corrected chi connectivity index (χ4v) is 6.73. The van der Waals surface area contributed by atoms with Crippen LogP contribution in [0.15, 0.2) is 109 Å². The predicted octanol–water partition coefficient (Wildman–Crippen LogP) is 8.47. The first-order valence-electron chi connectivity index (χ1n) is 11.6. The van der Waals surface area contributed by atoms with Gasteiger partial charge in [0.2, 0.25) is 0 Å². The Morgan fingerprint density at radius 1 is 0.919 bits per heavy atom. The van der Waals surface area contributed by atoms with Gasteiger partial charge >= 0.3 is 0 Å². The van der Waals surface area contributed by atoms with Gasteiger partial charge in [0.15, 0.2) is 14.6 Å². The van der Waals surface area contributed by atoms with Crippen molar-refractivity contribution in [3.63, 3.8) is 0 Å². The molecular formula is C29H21N3O2S3. The summed E-state index contributed by atoms with van der Waals surface area (Å²) >= 11 is 4.46. The molecule has 0 spiro atoms. The number of fused-ring (bicyclic) bond motifs is 1. The van der Waals surface area contributed by atoms with E-state index in [2.05, 4.69) is 11.1 Å². The molecule has 1 aliphatic heterocycles. The third kappa shape index (κ3) is 5.13. The lowest BCUT2D eigenvalue weighted by molar-refractivity contribution is -0.113. The molecule has 0 N–H and O–H groups in total. The first-order chi connectivity index (χ1) is 18.0. The van der Waals surface area contributed by atoms with Crippen LogP contribution in [0.25, 0.3) is 16.3 Å². The highest BCUT2D eigenvalue weighted by Gasteiger charge is 2.35. The molecule has 182 valence electrons. The van der Waals surface area contributed by atoms with Gasteiger partial charge in [0.25, 0.3) is 5.91 Å². The maximum absolute atomic E-state index is 13.5. The van der Waals surface area contributed by atoms with E-state index in [0.717, 1.165) is 42.2 Å². The molecule has 0 unspecified atom stereocenters. The normalized spacial score (nSPS) is 15.9. The van der Waals surface area contributed by atoms with E-state index in [4.69, 9.17) is 9.41 Å². The highest BCUT2D eigenvalue weighted by atomic mass is 32.2. The van der Waals surface area contributed by atoms with E-state index < -0.39 is 0 Å². The van der Waals surface area contributed by atoms with E-state index in [9.17, 15) is 4.79 Å². The summed E-state index contributed by atoms with van der Waals surface area (Å²) in [5.41, 5.74) is 4.85. The molecule has 0 bridgehead atoms. The number of carbonyl (C=O) groups excluding carboxylic acids is 1. The second kappa shape index (κ2) is 10.0. The number of thiazole rings is 1. The molecule has 0 saturated carbocycles. The average molecular weight is 540 g/mol. The third-order valence-electron chi connectivity index (χ3n) is 5.69. The number of amides is 1. The minimum absolute atomic E-state index is 0.128. The summed E-state index contributed by atoms with van der Waals surface area (Å²) < 4.78 is 8.10. The Balaban J connectivity index is 1.29. The van der Waals surface area contributed by atoms with Gasteiger partial charge in [0.1, 0.15) is 5.76 Å². The van der Waals surface area contributed by atoms with Gasteiger partial charge in [-0.25, -0.2) is 9.98 Å². The molecule has 0 aliphatic carbocycles. The van der Waals surface area contributed by atoms with Crippen LogP contribution in [0.3, 0.4) is 0 Å². The van der Waals surface area contributed by atoms with Crippen molar-refractivity contribution in [1.82, 2.24) is 4.98 Å². The monoisotopic (exact) mass is 539 g/mol. The van der Waals surface area contributed by atoms with Crippen molar-refractivity contribution < 1.29 is 9.21 Å². The summed E-state index contributed by atoms with van der Waals surface area (Å²) in [6.45, 7) is 4.06. The van der Waals surface area contributed by atoms with Gasteiger partial charge in [-0.2, -0.15) is 0 Å². The van der Waals surface area contributed by atoms with Crippen LogP contribution in [0.1, 0.15) is 16.9 Å². The number of anilines is 1.